The van der Waals surface area contributed by atoms with Gasteiger partial charge in [0.2, 0.25) is 0 Å². The van der Waals surface area contributed by atoms with Crippen LogP contribution in [0.3, 0.4) is 0 Å². The predicted octanol–water partition coefficient (Wildman–Crippen LogP) is 3.73. The highest BCUT2D eigenvalue weighted by atomic mass is 35.5. The molecule has 0 spiro atoms. The average molecular weight is 459 g/mol. The second-order valence-corrected chi connectivity index (χ2v) is 8.05. The fourth-order valence-electron chi connectivity index (χ4n) is 3.63. The van der Waals surface area contributed by atoms with E-state index < -0.39 is 17.7 Å². The molecule has 0 aromatic heterocycles. The Kier molecular flexibility index (Phi) is 7.43. The van der Waals surface area contributed by atoms with Crippen molar-refractivity contribution in [2.24, 2.45) is 0 Å². The third-order valence-corrected chi connectivity index (χ3v) is 5.56. The number of aliphatic hydroxyl groups is 1. The van der Waals surface area contributed by atoms with Crippen LogP contribution in [-0.4, -0.2) is 67.5 Å². The van der Waals surface area contributed by atoms with Crippen molar-refractivity contribution in [3.63, 3.8) is 0 Å². The molecule has 170 valence electrons. The summed E-state index contributed by atoms with van der Waals surface area (Å²) in [6, 6.07) is 11.1. The van der Waals surface area contributed by atoms with Crippen LogP contribution in [0.25, 0.3) is 5.76 Å². The second-order valence-electron chi connectivity index (χ2n) is 7.65. The highest BCUT2D eigenvalue weighted by Crippen LogP contribution is 2.40. The van der Waals surface area contributed by atoms with E-state index in [1.807, 2.05) is 25.9 Å². The van der Waals surface area contributed by atoms with Crippen LogP contribution in [-0.2, 0) is 9.59 Å². The van der Waals surface area contributed by atoms with Gasteiger partial charge in [0.05, 0.1) is 30.4 Å². The van der Waals surface area contributed by atoms with E-state index in [1.54, 1.807) is 43.5 Å². The first kappa shape index (κ1) is 23.6. The van der Waals surface area contributed by atoms with E-state index in [0.717, 1.165) is 0 Å². The Hall–Kier alpha value is -3.03. The van der Waals surface area contributed by atoms with Crippen LogP contribution < -0.4 is 9.47 Å². The molecule has 0 bridgehead atoms. The fraction of sp³-hybridized carbons (Fsp3) is 0.333. The van der Waals surface area contributed by atoms with Crippen LogP contribution in [0.2, 0.25) is 5.02 Å². The average Bonchev–Trinajstić information content (AvgIpc) is 3.03. The zero-order valence-corrected chi connectivity index (χ0v) is 19.3. The first-order chi connectivity index (χ1) is 15.3. The molecule has 7 nitrogen and oxygen atoms in total. The molecule has 0 aliphatic carbocycles. The summed E-state index contributed by atoms with van der Waals surface area (Å²) in [6.45, 7) is 3.18. The van der Waals surface area contributed by atoms with Gasteiger partial charge in [-0.25, -0.2) is 0 Å². The predicted molar refractivity (Wildman–Crippen MR) is 123 cm³/mol. The second kappa shape index (κ2) is 10.1. The molecule has 2 aromatic carbocycles. The maximum Gasteiger partial charge on any atom is 0.295 e. The number of methoxy groups -OCH3 is 1. The summed E-state index contributed by atoms with van der Waals surface area (Å²) < 4.78 is 10.7. The third kappa shape index (κ3) is 4.74. The van der Waals surface area contributed by atoms with Crippen molar-refractivity contribution in [2.75, 3.05) is 40.9 Å². The third-order valence-electron chi connectivity index (χ3n) is 5.26. The molecule has 32 heavy (non-hydrogen) atoms. The van der Waals surface area contributed by atoms with Gasteiger partial charge in [-0.05, 0) is 56.9 Å². The Morgan fingerprint density at radius 3 is 2.41 bits per heavy atom. The fourth-order valence-corrected chi connectivity index (χ4v) is 3.86. The van der Waals surface area contributed by atoms with Crippen LogP contribution in [0.1, 0.15) is 24.1 Å². The summed E-state index contributed by atoms with van der Waals surface area (Å²) in [5.74, 6) is -0.527. The maximum atomic E-state index is 13.0. The molecule has 1 N–H and O–H groups in total. The standard InChI is InChI=1S/C24H27ClN2O5/c1-5-32-19-11-8-16(14-18(19)25)22(28)20-21(15-6-9-17(31-4)10-7-15)27(13-12-26(2)3)24(30)23(20)29/h6-11,14,21,28H,5,12-13H2,1-4H3/t21-/m1/s1. The summed E-state index contributed by atoms with van der Waals surface area (Å²) in [6.07, 6.45) is 0. The number of likely N-dealkylation sites (N-methyl/N-ethyl adjacent to an activating group) is 1. The van der Waals surface area contributed by atoms with Crippen molar-refractivity contribution < 1.29 is 24.2 Å². The number of rotatable bonds is 8. The zero-order chi connectivity index (χ0) is 23.4. The van der Waals surface area contributed by atoms with Gasteiger partial charge in [0, 0.05) is 18.7 Å². The van der Waals surface area contributed by atoms with Gasteiger partial charge in [-0.15, -0.1) is 0 Å². The highest BCUT2D eigenvalue weighted by molar-refractivity contribution is 6.46. The number of halogens is 1. The Morgan fingerprint density at radius 1 is 1.16 bits per heavy atom. The number of carbonyl (C=O) groups excluding carboxylic acids is 2. The Labute approximate surface area is 192 Å². The summed E-state index contributed by atoms with van der Waals surface area (Å²) in [5.41, 5.74) is 1.06. The lowest BCUT2D eigenvalue weighted by Crippen LogP contribution is -2.35. The number of amides is 1. The SMILES string of the molecule is CCOc1ccc(C(O)=C2C(=O)C(=O)N(CCN(C)C)[C@@H]2c2ccc(OC)cc2)cc1Cl. The van der Waals surface area contributed by atoms with Crippen LogP contribution in [0, 0.1) is 0 Å². The Balaban J connectivity index is 2.12. The molecule has 1 atom stereocenters. The van der Waals surface area contributed by atoms with Gasteiger partial charge < -0.3 is 24.4 Å². The number of hydrogen-bond donors (Lipinski definition) is 1. The van der Waals surface area contributed by atoms with E-state index in [9.17, 15) is 14.7 Å². The van der Waals surface area contributed by atoms with Gasteiger partial charge in [0.1, 0.15) is 17.3 Å². The summed E-state index contributed by atoms with van der Waals surface area (Å²) >= 11 is 6.28. The highest BCUT2D eigenvalue weighted by Gasteiger charge is 2.45. The lowest BCUT2D eigenvalue weighted by molar-refractivity contribution is -0.140. The number of aliphatic hydroxyl groups excluding tert-OH is 1. The molecule has 1 fully saturated rings. The summed E-state index contributed by atoms with van der Waals surface area (Å²) in [4.78, 5) is 29.4. The molecule has 1 aliphatic heterocycles. The molecule has 0 unspecified atom stereocenters. The van der Waals surface area contributed by atoms with Crippen LogP contribution in [0.5, 0.6) is 11.5 Å². The molecular weight excluding hydrogens is 432 g/mol. The lowest BCUT2D eigenvalue weighted by atomic mass is 9.95. The molecule has 3 rings (SSSR count). The first-order valence-electron chi connectivity index (χ1n) is 10.3. The molecule has 1 saturated heterocycles. The summed E-state index contributed by atoms with van der Waals surface area (Å²) in [7, 11) is 5.34. The van der Waals surface area contributed by atoms with Gasteiger partial charge in [0.15, 0.2) is 0 Å². The molecular formula is C24H27ClN2O5. The van der Waals surface area contributed by atoms with E-state index in [4.69, 9.17) is 21.1 Å². The molecule has 1 aliphatic rings. The molecule has 2 aromatic rings. The van der Waals surface area contributed by atoms with Crippen molar-refractivity contribution in [3.05, 3.63) is 64.2 Å². The number of Topliss-reactive ketones (excluding diaryl/α,β-unsaturated/α-hetero) is 1. The minimum absolute atomic E-state index is 0.0270. The minimum Gasteiger partial charge on any atom is -0.507 e. The van der Waals surface area contributed by atoms with Crippen molar-refractivity contribution in [2.45, 2.75) is 13.0 Å². The number of likely N-dealkylation sites (tertiary alicyclic amines) is 1. The van der Waals surface area contributed by atoms with Gasteiger partial charge in [-0.2, -0.15) is 0 Å². The minimum atomic E-state index is -0.730. The monoisotopic (exact) mass is 458 g/mol. The number of ketones is 1. The number of nitrogens with zero attached hydrogens (tertiary/aromatic N) is 2. The van der Waals surface area contributed by atoms with Crippen molar-refractivity contribution in [1.82, 2.24) is 9.80 Å². The normalized spacial score (nSPS) is 17.8. The van der Waals surface area contributed by atoms with Crippen LogP contribution in [0.15, 0.2) is 48.0 Å². The zero-order valence-electron chi connectivity index (χ0n) is 18.6. The molecule has 0 saturated carbocycles. The smallest absolute Gasteiger partial charge is 0.295 e. The molecule has 1 amide bonds. The van der Waals surface area contributed by atoms with Gasteiger partial charge in [-0.3, -0.25) is 9.59 Å². The Morgan fingerprint density at radius 2 is 1.84 bits per heavy atom. The summed E-state index contributed by atoms with van der Waals surface area (Å²) in [5, 5.41) is 11.4. The van der Waals surface area contributed by atoms with Crippen molar-refractivity contribution >= 4 is 29.1 Å². The quantitative estimate of drug-likeness (QED) is 0.369. The van der Waals surface area contributed by atoms with E-state index in [1.165, 1.54) is 11.0 Å². The van der Waals surface area contributed by atoms with Crippen LogP contribution in [0.4, 0.5) is 0 Å². The largest absolute Gasteiger partial charge is 0.507 e. The van der Waals surface area contributed by atoms with E-state index in [2.05, 4.69) is 0 Å². The first-order valence-corrected chi connectivity index (χ1v) is 10.7. The molecule has 8 heteroatoms. The van der Waals surface area contributed by atoms with Gasteiger partial charge in [-0.1, -0.05) is 23.7 Å². The van der Waals surface area contributed by atoms with Crippen LogP contribution >= 0.6 is 11.6 Å². The number of ether oxygens (including phenoxy) is 2. The van der Waals surface area contributed by atoms with Crippen molar-refractivity contribution in [1.29, 1.82) is 0 Å². The van der Waals surface area contributed by atoms with Gasteiger partial charge >= 0.3 is 0 Å². The number of benzene rings is 2. The Bertz CT molecular complexity index is 1030. The lowest BCUT2D eigenvalue weighted by Gasteiger charge is -2.26. The maximum absolute atomic E-state index is 13.0. The topological polar surface area (TPSA) is 79.3 Å². The van der Waals surface area contributed by atoms with Gasteiger partial charge in [0.25, 0.3) is 11.7 Å². The van der Waals surface area contributed by atoms with Crippen molar-refractivity contribution in [3.8, 4) is 11.5 Å². The molecule has 0 radical (unpaired) electrons. The van der Waals surface area contributed by atoms with E-state index in [-0.39, 0.29) is 11.3 Å². The number of carbonyl (C=O) groups is 2. The molecule has 1 heterocycles. The van der Waals surface area contributed by atoms with E-state index in [0.29, 0.717) is 47.3 Å². The number of hydrogen-bond acceptors (Lipinski definition) is 6. The van der Waals surface area contributed by atoms with E-state index >= 15 is 0 Å².